The Bertz CT molecular complexity index is 717. The fraction of sp³-hybridized carbons (Fsp3) is 0.235. The van der Waals surface area contributed by atoms with Gasteiger partial charge in [-0.2, -0.15) is 5.26 Å². The standard InChI is InChI=1S/C17H17N3O3/c1-13(21)20(16-7-3-2-5-14(16)11-18)9-8-17(22)19-12-15-6-4-10-23-15/h2-7,10H,8-9,12H2,1H3,(H,19,22). The van der Waals surface area contributed by atoms with Gasteiger partial charge in [0.15, 0.2) is 0 Å². The van der Waals surface area contributed by atoms with E-state index in [2.05, 4.69) is 11.4 Å². The van der Waals surface area contributed by atoms with Crippen molar-refractivity contribution in [2.24, 2.45) is 0 Å². The van der Waals surface area contributed by atoms with Crippen LogP contribution in [0.15, 0.2) is 47.1 Å². The molecule has 6 nitrogen and oxygen atoms in total. The van der Waals surface area contributed by atoms with Crippen molar-refractivity contribution in [3.63, 3.8) is 0 Å². The average Bonchev–Trinajstić information content (AvgIpc) is 3.06. The van der Waals surface area contributed by atoms with Crippen molar-refractivity contribution in [3.8, 4) is 6.07 Å². The van der Waals surface area contributed by atoms with Crippen molar-refractivity contribution in [2.45, 2.75) is 19.9 Å². The van der Waals surface area contributed by atoms with Crippen LogP contribution in [0.5, 0.6) is 0 Å². The molecule has 0 atom stereocenters. The molecule has 1 aromatic heterocycles. The molecule has 0 radical (unpaired) electrons. The van der Waals surface area contributed by atoms with E-state index >= 15 is 0 Å². The third-order valence-corrected chi connectivity index (χ3v) is 3.30. The lowest BCUT2D eigenvalue weighted by atomic mass is 10.1. The number of amides is 2. The Labute approximate surface area is 134 Å². The van der Waals surface area contributed by atoms with E-state index in [-0.39, 0.29) is 24.8 Å². The molecule has 2 amide bonds. The van der Waals surface area contributed by atoms with Gasteiger partial charge in [0, 0.05) is 19.9 Å². The predicted molar refractivity (Wildman–Crippen MR) is 84.4 cm³/mol. The molecule has 2 rings (SSSR count). The molecule has 118 valence electrons. The molecule has 0 aliphatic rings. The molecule has 0 saturated carbocycles. The number of furan rings is 1. The normalized spacial score (nSPS) is 9.91. The van der Waals surface area contributed by atoms with Crippen LogP contribution in [0, 0.1) is 11.3 Å². The highest BCUT2D eigenvalue weighted by molar-refractivity contribution is 5.93. The van der Waals surface area contributed by atoms with Crippen LogP contribution in [-0.4, -0.2) is 18.4 Å². The number of hydrogen-bond donors (Lipinski definition) is 1. The number of benzene rings is 1. The Morgan fingerprint density at radius 2 is 2.04 bits per heavy atom. The third-order valence-electron chi connectivity index (χ3n) is 3.30. The molecule has 2 aromatic rings. The zero-order valence-electron chi connectivity index (χ0n) is 12.8. The molecule has 6 heteroatoms. The van der Waals surface area contributed by atoms with E-state index in [0.717, 1.165) is 0 Å². The van der Waals surface area contributed by atoms with Gasteiger partial charge in [-0.05, 0) is 24.3 Å². The lowest BCUT2D eigenvalue weighted by molar-refractivity contribution is -0.121. The molecule has 1 N–H and O–H groups in total. The van der Waals surface area contributed by atoms with E-state index in [9.17, 15) is 9.59 Å². The first kappa shape index (κ1) is 16.3. The summed E-state index contributed by atoms with van der Waals surface area (Å²) in [6, 6.07) is 12.4. The molecule has 1 aromatic carbocycles. The minimum atomic E-state index is -0.216. The van der Waals surface area contributed by atoms with Gasteiger partial charge in [0.25, 0.3) is 0 Å². The van der Waals surface area contributed by atoms with Crippen LogP contribution in [0.3, 0.4) is 0 Å². The topological polar surface area (TPSA) is 86.3 Å². The summed E-state index contributed by atoms with van der Waals surface area (Å²) in [4.78, 5) is 25.2. The maximum absolute atomic E-state index is 11.9. The first-order valence-electron chi connectivity index (χ1n) is 7.18. The molecule has 0 saturated heterocycles. The van der Waals surface area contributed by atoms with Crippen LogP contribution in [0.25, 0.3) is 0 Å². The summed E-state index contributed by atoms with van der Waals surface area (Å²) >= 11 is 0. The molecular weight excluding hydrogens is 294 g/mol. The van der Waals surface area contributed by atoms with E-state index in [1.807, 2.05) is 0 Å². The first-order chi connectivity index (χ1) is 11.1. The van der Waals surface area contributed by atoms with Crippen LogP contribution >= 0.6 is 0 Å². The third kappa shape index (κ3) is 4.45. The van der Waals surface area contributed by atoms with E-state index in [0.29, 0.717) is 23.6 Å². The number of nitriles is 1. The highest BCUT2D eigenvalue weighted by atomic mass is 16.3. The summed E-state index contributed by atoms with van der Waals surface area (Å²) in [7, 11) is 0. The molecule has 0 bridgehead atoms. The molecule has 0 fully saturated rings. The summed E-state index contributed by atoms with van der Waals surface area (Å²) in [5.41, 5.74) is 0.917. The lowest BCUT2D eigenvalue weighted by Crippen LogP contribution is -2.34. The van der Waals surface area contributed by atoms with Gasteiger partial charge in [0.1, 0.15) is 11.8 Å². The number of hydrogen-bond acceptors (Lipinski definition) is 4. The fourth-order valence-corrected chi connectivity index (χ4v) is 2.15. The van der Waals surface area contributed by atoms with Crippen LogP contribution in [0.2, 0.25) is 0 Å². The predicted octanol–water partition coefficient (Wildman–Crippen LogP) is 2.21. The second-order valence-corrected chi connectivity index (χ2v) is 4.91. The highest BCUT2D eigenvalue weighted by Gasteiger charge is 2.16. The number of nitrogens with one attached hydrogen (secondary N) is 1. The monoisotopic (exact) mass is 311 g/mol. The van der Waals surface area contributed by atoms with Crippen LogP contribution in [0.1, 0.15) is 24.7 Å². The van der Waals surface area contributed by atoms with Crippen molar-refractivity contribution < 1.29 is 14.0 Å². The maximum Gasteiger partial charge on any atom is 0.223 e. The number of anilines is 1. The summed E-state index contributed by atoms with van der Waals surface area (Å²) < 4.78 is 5.13. The highest BCUT2D eigenvalue weighted by Crippen LogP contribution is 2.20. The number of carbonyl (C=O) groups is 2. The summed E-state index contributed by atoms with van der Waals surface area (Å²) in [6.07, 6.45) is 1.68. The minimum Gasteiger partial charge on any atom is -0.467 e. The number of nitrogens with zero attached hydrogens (tertiary/aromatic N) is 2. The Kier molecular flexibility index (Phi) is 5.53. The Hall–Kier alpha value is -3.07. The van der Waals surface area contributed by atoms with Gasteiger partial charge in [-0.25, -0.2) is 0 Å². The Balaban J connectivity index is 1.96. The molecule has 1 heterocycles. The van der Waals surface area contributed by atoms with Crippen molar-refractivity contribution in [2.75, 3.05) is 11.4 Å². The van der Waals surface area contributed by atoms with Gasteiger partial charge in [0.05, 0.1) is 24.1 Å². The molecule has 0 spiro atoms. The second-order valence-electron chi connectivity index (χ2n) is 4.91. The van der Waals surface area contributed by atoms with E-state index in [4.69, 9.17) is 9.68 Å². The van der Waals surface area contributed by atoms with Crippen molar-refractivity contribution in [3.05, 3.63) is 54.0 Å². The smallest absolute Gasteiger partial charge is 0.223 e. The lowest BCUT2D eigenvalue weighted by Gasteiger charge is -2.21. The summed E-state index contributed by atoms with van der Waals surface area (Å²) in [5.74, 6) is 0.255. The molecule has 23 heavy (non-hydrogen) atoms. The number of rotatable bonds is 6. The van der Waals surface area contributed by atoms with Gasteiger partial charge >= 0.3 is 0 Å². The molecule has 0 aliphatic heterocycles. The summed E-state index contributed by atoms with van der Waals surface area (Å²) in [5, 5.41) is 11.9. The number of para-hydroxylation sites is 1. The summed E-state index contributed by atoms with van der Waals surface area (Å²) in [6.45, 7) is 1.92. The zero-order valence-corrected chi connectivity index (χ0v) is 12.8. The van der Waals surface area contributed by atoms with Gasteiger partial charge in [-0.3, -0.25) is 9.59 Å². The molecular formula is C17H17N3O3. The van der Waals surface area contributed by atoms with E-state index in [1.54, 1.807) is 36.4 Å². The second kappa shape index (κ2) is 7.80. The van der Waals surface area contributed by atoms with Crippen LogP contribution < -0.4 is 10.2 Å². The zero-order chi connectivity index (χ0) is 16.7. The minimum absolute atomic E-state index is 0.139. The van der Waals surface area contributed by atoms with E-state index < -0.39 is 0 Å². The van der Waals surface area contributed by atoms with Gasteiger partial charge in [-0.1, -0.05) is 12.1 Å². The Morgan fingerprint density at radius 1 is 1.26 bits per heavy atom. The van der Waals surface area contributed by atoms with Gasteiger partial charge < -0.3 is 14.6 Å². The first-order valence-corrected chi connectivity index (χ1v) is 7.18. The van der Waals surface area contributed by atoms with Crippen LogP contribution in [-0.2, 0) is 16.1 Å². The van der Waals surface area contributed by atoms with Gasteiger partial charge in [-0.15, -0.1) is 0 Å². The van der Waals surface area contributed by atoms with Crippen LogP contribution in [0.4, 0.5) is 5.69 Å². The van der Waals surface area contributed by atoms with Gasteiger partial charge in [0.2, 0.25) is 11.8 Å². The average molecular weight is 311 g/mol. The number of carbonyl (C=O) groups excluding carboxylic acids is 2. The maximum atomic E-state index is 11.9. The van der Waals surface area contributed by atoms with Crippen molar-refractivity contribution in [1.29, 1.82) is 5.26 Å². The van der Waals surface area contributed by atoms with Crippen molar-refractivity contribution >= 4 is 17.5 Å². The largest absolute Gasteiger partial charge is 0.467 e. The molecule has 0 aliphatic carbocycles. The van der Waals surface area contributed by atoms with E-state index in [1.165, 1.54) is 18.1 Å². The van der Waals surface area contributed by atoms with Crippen molar-refractivity contribution in [1.82, 2.24) is 5.32 Å². The Morgan fingerprint density at radius 3 is 2.70 bits per heavy atom. The quantitative estimate of drug-likeness (QED) is 0.886. The SMILES string of the molecule is CC(=O)N(CCC(=O)NCc1ccco1)c1ccccc1C#N. The fourth-order valence-electron chi connectivity index (χ4n) is 2.15. The molecule has 0 unspecified atom stereocenters.